The molecule has 2 heteroatoms. The van der Waals surface area contributed by atoms with Gasteiger partial charge in [-0.05, 0) is 36.5 Å². The maximum absolute atomic E-state index is 13.1. The standard InChI is InChI=1S/C16H23FO/c1-4-10-16(11-12-18,13(3)5-2)14-6-8-15(17)9-7-14/h4,6-9,13,18H,1,5,10-12H2,2-3H3. The molecule has 1 rings (SSSR count). The van der Waals surface area contributed by atoms with E-state index in [1.807, 2.05) is 18.2 Å². The molecule has 0 amide bonds. The van der Waals surface area contributed by atoms with E-state index in [1.165, 1.54) is 12.1 Å². The lowest BCUT2D eigenvalue weighted by Crippen LogP contribution is -2.34. The van der Waals surface area contributed by atoms with E-state index >= 15 is 0 Å². The first-order valence-electron chi connectivity index (χ1n) is 6.58. The molecule has 0 aliphatic rings. The highest BCUT2D eigenvalue weighted by atomic mass is 19.1. The normalized spacial score (nSPS) is 16.0. The fourth-order valence-electron chi connectivity index (χ4n) is 2.73. The molecule has 0 heterocycles. The highest BCUT2D eigenvalue weighted by Gasteiger charge is 2.35. The van der Waals surface area contributed by atoms with Crippen LogP contribution in [0.4, 0.5) is 4.39 Å². The van der Waals surface area contributed by atoms with E-state index < -0.39 is 0 Å². The summed E-state index contributed by atoms with van der Waals surface area (Å²) in [5.74, 6) is 0.188. The summed E-state index contributed by atoms with van der Waals surface area (Å²) >= 11 is 0. The molecule has 0 fully saturated rings. The maximum Gasteiger partial charge on any atom is 0.123 e. The zero-order valence-electron chi connectivity index (χ0n) is 11.3. The Kier molecular flexibility index (Phi) is 5.54. The molecular weight excluding hydrogens is 227 g/mol. The minimum atomic E-state index is -0.223. The molecule has 1 nitrogen and oxygen atoms in total. The second kappa shape index (κ2) is 6.69. The molecule has 0 saturated heterocycles. The molecule has 0 aromatic heterocycles. The summed E-state index contributed by atoms with van der Waals surface area (Å²) in [5.41, 5.74) is 0.950. The van der Waals surface area contributed by atoms with Crippen LogP contribution in [-0.2, 0) is 5.41 Å². The van der Waals surface area contributed by atoms with Crippen molar-refractivity contribution in [2.24, 2.45) is 5.92 Å². The van der Waals surface area contributed by atoms with Crippen molar-refractivity contribution in [1.82, 2.24) is 0 Å². The van der Waals surface area contributed by atoms with Crippen molar-refractivity contribution in [3.05, 3.63) is 48.3 Å². The molecule has 0 saturated carbocycles. The first kappa shape index (κ1) is 14.9. The van der Waals surface area contributed by atoms with Crippen molar-refractivity contribution in [2.45, 2.75) is 38.5 Å². The predicted molar refractivity (Wildman–Crippen MR) is 74.0 cm³/mol. The van der Waals surface area contributed by atoms with E-state index in [0.29, 0.717) is 12.3 Å². The van der Waals surface area contributed by atoms with Gasteiger partial charge < -0.3 is 5.11 Å². The molecule has 0 aliphatic heterocycles. The summed E-state index contributed by atoms with van der Waals surface area (Å²) in [4.78, 5) is 0. The summed E-state index contributed by atoms with van der Waals surface area (Å²) in [6.07, 6.45) is 4.39. The minimum Gasteiger partial charge on any atom is -0.396 e. The van der Waals surface area contributed by atoms with E-state index in [0.717, 1.165) is 18.4 Å². The van der Waals surface area contributed by atoms with Crippen molar-refractivity contribution in [3.8, 4) is 0 Å². The summed E-state index contributed by atoms with van der Waals surface area (Å²) in [6, 6.07) is 6.65. The highest BCUT2D eigenvalue weighted by Crippen LogP contribution is 2.41. The number of allylic oxidation sites excluding steroid dienone is 1. The average molecular weight is 250 g/mol. The zero-order valence-corrected chi connectivity index (χ0v) is 11.3. The molecule has 0 bridgehead atoms. The van der Waals surface area contributed by atoms with Gasteiger partial charge in [0.1, 0.15) is 5.82 Å². The van der Waals surface area contributed by atoms with Crippen LogP contribution in [0.1, 0.15) is 38.7 Å². The van der Waals surface area contributed by atoms with Gasteiger partial charge in [-0.1, -0.05) is 38.5 Å². The summed E-state index contributed by atoms with van der Waals surface area (Å²) in [6.45, 7) is 8.29. The summed E-state index contributed by atoms with van der Waals surface area (Å²) < 4.78 is 13.1. The minimum absolute atomic E-state index is 0.134. The van der Waals surface area contributed by atoms with E-state index in [4.69, 9.17) is 0 Å². The van der Waals surface area contributed by atoms with Gasteiger partial charge in [-0.15, -0.1) is 6.58 Å². The first-order valence-corrected chi connectivity index (χ1v) is 6.58. The van der Waals surface area contributed by atoms with Crippen LogP contribution in [0.5, 0.6) is 0 Å². The Morgan fingerprint density at radius 2 is 2.00 bits per heavy atom. The van der Waals surface area contributed by atoms with Gasteiger partial charge in [0.15, 0.2) is 0 Å². The molecule has 2 unspecified atom stereocenters. The van der Waals surface area contributed by atoms with Crippen LogP contribution in [0.15, 0.2) is 36.9 Å². The Balaban J connectivity index is 3.22. The Labute approximate surface area is 109 Å². The van der Waals surface area contributed by atoms with E-state index in [2.05, 4.69) is 20.4 Å². The van der Waals surface area contributed by atoms with Gasteiger partial charge in [0.2, 0.25) is 0 Å². The van der Waals surface area contributed by atoms with Crippen molar-refractivity contribution in [3.63, 3.8) is 0 Å². The van der Waals surface area contributed by atoms with E-state index in [-0.39, 0.29) is 17.8 Å². The molecule has 1 N–H and O–H groups in total. The lowest BCUT2D eigenvalue weighted by atomic mass is 9.66. The maximum atomic E-state index is 13.1. The molecule has 2 atom stereocenters. The van der Waals surface area contributed by atoms with Crippen LogP contribution in [0.3, 0.4) is 0 Å². The number of rotatable bonds is 7. The molecule has 0 radical (unpaired) electrons. The van der Waals surface area contributed by atoms with Gasteiger partial charge in [-0.25, -0.2) is 4.39 Å². The van der Waals surface area contributed by atoms with Crippen LogP contribution >= 0.6 is 0 Å². The monoisotopic (exact) mass is 250 g/mol. The lowest BCUT2D eigenvalue weighted by molar-refractivity contribution is 0.188. The van der Waals surface area contributed by atoms with Gasteiger partial charge in [0.05, 0.1) is 0 Å². The van der Waals surface area contributed by atoms with Gasteiger partial charge >= 0.3 is 0 Å². The summed E-state index contributed by atoms with van der Waals surface area (Å²) in [5, 5.41) is 9.38. The molecule has 1 aromatic rings. The smallest absolute Gasteiger partial charge is 0.123 e. The molecule has 0 spiro atoms. The van der Waals surface area contributed by atoms with Crippen LogP contribution in [0.25, 0.3) is 0 Å². The number of hydrogen-bond donors (Lipinski definition) is 1. The first-order chi connectivity index (χ1) is 8.60. The largest absolute Gasteiger partial charge is 0.396 e. The summed E-state index contributed by atoms with van der Waals surface area (Å²) in [7, 11) is 0. The van der Waals surface area contributed by atoms with Crippen LogP contribution in [0.2, 0.25) is 0 Å². The van der Waals surface area contributed by atoms with E-state index in [9.17, 15) is 9.50 Å². The van der Waals surface area contributed by atoms with E-state index in [1.54, 1.807) is 0 Å². The van der Waals surface area contributed by atoms with Crippen molar-refractivity contribution < 1.29 is 9.50 Å². The second-order valence-electron chi connectivity index (χ2n) is 4.94. The Hall–Kier alpha value is -1.15. The van der Waals surface area contributed by atoms with Crippen LogP contribution in [0, 0.1) is 11.7 Å². The molecule has 100 valence electrons. The topological polar surface area (TPSA) is 20.2 Å². The number of halogens is 1. The zero-order chi connectivity index (χ0) is 13.6. The third kappa shape index (κ3) is 2.99. The number of aliphatic hydroxyl groups is 1. The Morgan fingerprint density at radius 1 is 1.39 bits per heavy atom. The molecule has 0 aliphatic carbocycles. The lowest BCUT2D eigenvalue weighted by Gasteiger charge is -2.39. The van der Waals surface area contributed by atoms with Crippen molar-refractivity contribution >= 4 is 0 Å². The Bertz CT molecular complexity index is 371. The molecule has 1 aromatic carbocycles. The van der Waals surface area contributed by atoms with Crippen molar-refractivity contribution in [1.29, 1.82) is 0 Å². The highest BCUT2D eigenvalue weighted by molar-refractivity contribution is 5.28. The molecular formula is C16H23FO. The van der Waals surface area contributed by atoms with Crippen molar-refractivity contribution in [2.75, 3.05) is 6.61 Å². The SMILES string of the molecule is C=CCC(CCO)(c1ccc(F)cc1)C(C)CC. The fourth-order valence-corrected chi connectivity index (χ4v) is 2.73. The number of hydrogen-bond acceptors (Lipinski definition) is 1. The second-order valence-corrected chi connectivity index (χ2v) is 4.94. The van der Waals surface area contributed by atoms with Crippen LogP contribution < -0.4 is 0 Å². The quantitative estimate of drug-likeness (QED) is 0.723. The van der Waals surface area contributed by atoms with Gasteiger partial charge in [-0.3, -0.25) is 0 Å². The fraction of sp³-hybridized carbons (Fsp3) is 0.500. The van der Waals surface area contributed by atoms with Crippen LogP contribution in [-0.4, -0.2) is 11.7 Å². The number of benzene rings is 1. The van der Waals surface area contributed by atoms with Gasteiger partial charge in [0, 0.05) is 12.0 Å². The predicted octanol–water partition coefficient (Wildman–Crippen LogP) is 4.07. The third-order valence-corrected chi connectivity index (χ3v) is 4.04. The van der Waals surface area contributed by atoms with Gasteiger partial charge in [0.25, 0.3) is 0 Å². The number of aliphatic hydroxyl groups excluding tert-OH is 1. The third-order valence-electron chi connectivity index (χ3n) is 4.04. The molecule has 18 heavy (non-hydrogen) atoms. The average Bonchev–Trinajstić information content (AvgIpc) is 2.38. The van der Waals surface area contributed by atoms with Gasteiger partial charge in [-0.2, -0.15) is 0 Å². The Morgan fingerprint density at radius 3 is 2.44 bits per heavy atom.